The molecule has 2 heterocycles. The smallest absolute Gasteiger partial charge is 0.263 e. The van der Waals surface area contributed by atoms with Gasteiger partial charge in [-0.15, -0.1) is 23.7 Å². The van der Waals surface area contributed by atoms with E-state index in [2.05, 4.69) is 25.2 Å². The number of likely N-dealkylation sites (N-methyl/N-ethyl adjacent to an activating group) is 1. The Bertz CT molecular complexity index is 461. The van der Waals surface area contributed by atoms with Crippen molar-refractivity contribution in [3.63, 3.8) is 0 Å². The molecule has 1 atom stereocenters. The van der Waals surface area contributed by atoms with Crippen LogP contribution in [0.1, 0.15) is 53.2 Å². The Morgan fingerprint density at radius 2 is 2.24 bits per heavy atom. The summed E-state index contributed by atoms with van der Waals surface area (Å²) in [5, 5.41) is 3.30. The van der Waals surface area contributed by atoms with E-state index >= 15 is 0 Å². The second-order valence-corrected chi connectivity index (χ2v) is 6.68. The third kappa shape index (κ3) is 4.44. The standard InChI is InChI=1S/C16H26N2OS.ClH/c1-4-7-14-12(5-2)10-15(20-14)16(19)18-9-6-8-13(11-18)17-3;/h10,13,17H,4-9,11H2,1-3H3;1H. The van der Waals surface area contributed by atoms with Gasteiger partial charge in [0.15, 0.2) is 0 Å². The Morgan fingerprint density at radius 3 is 2.86 bits per heavy atom. The van der Waals surface area contributed by atoms with Crippen molar-refractivity contribution in [2.45, 2.75) is 52.0 Å². The molecule has 1 N–H and O–H groups in total. The van der Waals surface area contributed by atoms with E-state index in [0.717, 1.165) is 43.6 Å². The zero-order chi connectivity index (χ0) is 14.5. The van der Waals surface area contributed by atoms with E-state index < -0.39 is 0 Å². The predicted octanol–water partition coefficient (Wildman–Crippen LogP) is 3.51. The molecule has 0 radical (unpaired) electrons. The van der Waals surface area contributed by atoms with Crippen LogP contribution in [0, 0.1) is 0 Å². The maximum atomic E-state index is 12.7. The number of rotatable bonds is 5. The summed E-state index contributed by atoms with van der Waals surface area (Å²) in [7, 11) is 1.98. The van der Waals surface area contributed by atoms with E-state index in [-0.39, 0.29) is 18.3 Å². The van der Waals surface area contributed by atoms with E-state index in [9.17, 15) is 4.79 Å². The number of nitrogens with zero attached hydrogens (tertiary/aromatic N) is 1. The highest BCUT2D eigenvalue weighted by Crippen LogP contribution is 2.26. The summed E-state index contributed by atoms with van der Waals surface area (Å²) in [6.45, 7) is 6.12. The van der Waals surface area contributed by atoms with Crippen molar-refractivity contribution >= 4 is 29.7 Å². The summed E-state index contributed by atoms with van der Waals surface area (Å²) in [5.41, 5.74) is 1.36. The topological polar surface area (TPSA) is 32.3 Å². The molecule has 1 unspecified atom stereocenters. The fraction of sp³-hybridized carbons (Fsp3) is 0.688. The molecule has 1 saturated heterocycles. The number of hydrogen-bond acceptors (Lipinski definition) is 3. The number of hydrogen-bond donors (Lipinski definition) is 1. The Labute approximate surface area is 138 Å². The molecule has 0 bridgehead atoms. The molecule has 1 aromatic rings. The second kappa shape index (κ2) is 8.76. The molecule has 2 rings (SSSR count). The van der Waals surface area contributed by atoms with Gasteiger partial charge in [0.2, 0.25) is 0 Å². The molecule has 0 aliphatic carbocycles. The van der Waals surface area contributed by atoms with E-state index in [1.165, 1.54) is 16.9 Å². The number of likely N-dealkylation sites (tertiary alicyclic amines) is 1. The molecule has 0 saturated carbocycles. The van der Waals surface area contributed by atoms with Crippen LogP contribution in [0.15, 0.2) is 6.07 Å². The summed E-state index contributed by atoms with van der Waals surface area (Å²) < 4.78 is 0. The minimum absolute atomic E-state index is 0. The molecular weight excluding hydrogens is 304 g/mol. The molecule has 5 heteroatoms. The third-order valence-electron chi connectivity index (χ3n) is 4.08. The lowest BCUT2D eigenvalue weighted by Gasteiger charge is -2.32. The lowest BCUT2D eigenvalue weighted by atomic mass is 10.1. The van der Waals surface area contributed by atoms with E-state index in [1.54, 1.807) is 11.3 Å². The molecule has 3 nitrogen and oxygen atoms in total. The first-order valence-corrected chi connectivity index (χ1v) is 8.59. The van der Waals surface area contributed by atoms with Gasteiger partial charge in [0.05, 0.1) is 4.88 Å². The van der Waals surface area contributed by atoms with E-state index in [1.807, 2.05) is 11.9 Å². The van der Waals surface area contributed by atoms with Gasteiger partial charge < -0.3 is 10.2 Å². The van der Waals surface area contributed by atoms with Crippen LogP contribution < -0.4 is 5.32 Å². The number of amides is 1. The average Bonchev–Trinajstić information content (AvgIpc) is 2.90. The van der Waals surface area contributed by atoms with Crippen LogP contribution in [0.5, 0.6) is 0 Å². The summed E-state index contributed by atoms with van der Waals surface area (Å²) in [6.07, 6.45) is 5.54. The van der Waals surface area contributed by atoms with Gasteiger partial charge in [-0.25, -0.2) is 0 Å². The number of thiophene rings is 1. The molecule has 0 spiro atoms. The largest absolute Gasteiger partial charge is 0.336 e. The molecule has 0 aromatic carbocycles. The second-order valence-electron chi connectivity index (χ2n) is 5.54. The van der Waals surface area contributed by atoms with Gasteiger partial charge in [0.1, 0.15) is 0 Å². The summed E-state index contributed by atoms with van der Waals surface area (Å²) in [6, 6.07) is 2.58. The third-order valence-corrected chi connectivity index (χ3v) is 5.31. The number of halogens is 1. The number of piperidine rings is 1. The number of nitrogens with one attached hydrogen (secondary N) is 1. The lowest BCUT2D eigenvalue weighted by Crippen LogP contribution is -2.46. The minimum atomic E-state index is 0. The van der Waals surface area contributed by atoms with Gasteiger partial charge >= 0.3 is 0 Å². The van der Waals surface area contributed by atoms with Crippen LogP contribution in [0.4, 0.5) is 0 Å². The average molecular weight is 331 g/mol. The molecule has 1 aromatic heterocycles. The summed E-state index contributed by atoms with van der Waals surface area (Å²) in [4.78, 5) is 17.0. The highest BCUT2D eigenvalue weighted by molar-refractivity contribution is 7.14. The lowest BCUT2D eigenvalue weighted by molar-refractivity contribution is 0.0703. The SMILES string of the molecule is CCCc1sc(C(=O)N2CCCC(NC)C2)cc1CC.Cl. The molecule has 120 valence electrons. The van der Waals surface area contributed by atoms with Crippen molar-refractivity contribution in [3.05, 3.63) is 21.4 Å². The van der Waals surface area contributed by atoms with Crippen LogP contribution in [-0.4, -0.2) is 37.0 Å². The number of carbonyl (C=O) groups excluding carboxylic acids is 1. The first kappa shape index (κ1) is 18.5. The van der Waals surface area contributed by atoms with Crippen molar-refractivity contribution in [2.24, 2.45) is 0 Å². The van der Waals surface area contributed by atoms with Crippen molar-refractivity contribution < 1.29 is 4.79 Å². The molecule has 1 aliphatic heterocycles. The molecule has 1 aliphatic rings. The fourth-order valence-corrected chi connectivity index (χ4v) is 4.19. The van der Waals surface area contributed by atoms with Gasteiger partial charge in [-0.2, -0.15) is 0 Å². The highest BCUT2D eigenvalue weighted by Gasteiger charge is 2.25. The molecular formula is C16H27ClN2OS. The first-order valence-electron chi connectivity index (χ1n) is 7.77. The zero-order valence-electron chi connectivity index (χ0n) is 13.3. The number of carbonyl (C=O) groups is 1. The van der Waals surface area contributed by atoms with Gasteiger partial charge in [-0.05, 0) is 44.4 Å². The van der Waals surface area contributed by atoms with Crippen molar-refractivity contribution in [1.82, 2.24) is 10.2 Å². The Hall–Kier alpha value is -0.580. The van der Waals surface area contributed by atoms with Crippen LogP contribution in [0.25, 0.3) is 0 Å². The maximum absolute atomic E-state index is 12.7. The normalized spacial score (nSPS) is 18.4. The molecule has 1 amide bonds. The fourth-order valence-electron chi connectivity index (χ4n) is 2.86. The van der Waals surface area contributed by atoms with E-state index in [0.29, 0.717) is 6.04 Å². The minimum Gasteiger partial charge on any atom is -0.336 e. The van der Waals surface area contributed by atoms with Gasteiger partial charge in [-0.3, -0.25) is 4.79 Å². The Morgan fingerprint density at radius 1 is 1.48 bits per heavy atom. The van der Waals surface area contributed by atoms with Crippen LogP contribution in [0.3, 0.4) is 0 Å². The van der Waals surface area contributed by atoms with Gasteiger partial charge in [0.25, 0.3) is 5.91 Å². The highest BCUT2D eigenvalue weighted by atomic mass is 35.5. The van der Waals surface area contributed by atoms with Crippen LogP contribution >= 0.6 is 23.7 Å². The van der Waals surface area contributed by atoms with Gasteiger partial charge in [0, 0.05) is 24.0 Å². The van der Waals surface area contributed by atoms with Crippen molar-refractivity contribution in [2.75, 3.05) is 20.1 Å². The van der Waals surface area contributed by atoms with Crippen molar-refractivity contribution in [3.8, 4) is 0 Å². The summed E-state index contributed by atoms with van der Waals surface area (Å²) in [5.74, 6) is 0.229. The quantitative estimate of drug-likeness (QED) is 0.896. The maximum Gasteiger partial charge on any atom is 0.263 e. The Kier molecular flexibility index (Phi) is 7.71. The Balaban J connectivity index is 0.00000220. The zero-order valence-corrected chi connectivity index (χ0v) is 14.9. The van der Waals surface area contributed by atoms with E-state index in [4.69, 9.17) is 0 Å². The molecule has 21 heavy (non-hydrogen) atoms. The van der Waals surface area contributed by atoms with Gasteiger partial charge in [-0.1, -0.05) is 20.3 Å². The predicted molar refractivity (Wildman–Crippen MR) is 92.9 cm³/mol. The first-order chi connectivity index (χ1) is 9.69. The molecule has 1 fully saturated rings. The summed E-state index contributed by atoms with van der Waals surface area (Å²) >= 11 is 1.71. The van der Waals surface area contributed by atoms with Crippen LogP contribution in [0.2, 0.25) is 0 Å². The monoisotopic (exact) mass is 330 g/mol. The van der Waals surface area contributed by atoms with Crippen molar-refractivity contribution in [1.29, 1.82) is 0 Å². The number of aryl methyl sites for hydroxylation is 2. The van der Waals surface area contributed by atoms with Crippen LogP contribution in [-0.2, 0) is 12.8 Å².